The molecule has 0 amide bonds. The second-order valence-corrected chi connectivity index (χ2v) is 4.37. The molecule has 0 aliphatic heterocycles. The van der Waals surface area contributed by atoms with E-state index in [-0.39, 0.29) is 5.69 Å². The third-order valence-electron chi connectivity index (χ3n) is 1.78. The Morgan fingerprint density at radius 3 is 2.83 bits per heavy atom. The van der Waals surface area contributed by atoms with E-state index >= 15 is 0 Å². The molecule has 1 heterocycles. The van der Waals surface area contributed by atoms with Crippen molar-refractivity contribution in [3.63, 3.8) is 0 Å². The second-order valence-electron chi connectivity index (χ2n) is 2.76. The minimum absolute atomic E-state index is 0.146. The first-order valence-electron chi connectivity index (χ1n) is 3.58. The molecule has 64 valence electrons. The van der Waals surface area contributed by atoms with Crippen LogP contribution in [-0.2, 0) is 0 Å². The minimum Gasteiger partial charge on any atom is -0.476 e. The van der Waals surface area contributed by atoms with Gasteiger partial charge in [0.25, 0.3) is 0 Å². The van der Waals surface area contributed by atoms with Gasteiger partial charge in [0.05, 0.1) is 0 Å². The largest absolute Gasteiger partial charge is 0.476 e. The van der Waals surface area contributed by atoms with Crippen molar-refractivity contribution in [2.45, 2.75) is 18.8 Å². The molecule has 0 bridgehead atoms. The van der Waals surface area contributed by atoms with E-state index in [0.29, 0.717) is 10.4 Å². The number of halogens is 1. The summed E-state index contributed by atoms with van der Waals surface area (Å²) in [5, 5.41) is 8.74. The Labute approximate surface area is 78.0 Å². The number of hydrogen-bond donors (Lipinski definition) is 1. The molecular weight excluding hydrogens is 198 g/mol. The number of carboxylic acids is 1. The Morgan fingerprint density at radius 1 is 1.67 bits per heavy atom. The van der Waals surface area contributed by atoms with Crippen molar-refractivity contribution in [2.24, 2.45) is 0 Å². The molecule has 2 rings (SSSR count). The normalized spacial score (nSPS) is 16.4. The second kappa shape index (κ2) is 2.71. The number of aromatic nitrogens is 1. The highest BCUT2D eigenvalue weighted by molar-refractivity contribution is 7.16. The molecule has 3 nitrogen and oxygen atoms in total. The fourth-order valence-corrected chi connectivity index (χ4v) is 2.36. The maximum atomic E-state index is 10.7. The standard InChI is InChI=1S/C7H6ClNO2S/c8-7-9-4(6(10)11)5(12-7)3-1-2-3/h3H,1-2H2,(H,10,11). The van der Waals surface area contributed by atoms with Crippen LogP contribution in [0.5, 0.6) is 0 Å². The van der Waals surface area contributed by atoms with E-state index in [2.05, 4.69) is 4.98 Å². The highest BCUT2D eigenvalue weighted by Crippen LogP contribution is 2.45. The highest BCUT2D eigenvalue weighted by atomic mass is 35.5. The van der Waals surface area contributed by atoms with E-state index in [1.165, 1.54) is 11.3 Å². The predicted molar refractivity (Wildman–Crippen MR) is 46.1 cm³/mol. The van der Waals surface area contributed by atoms with Crippen LogP contribution in [0, 0.1) is 0 Å². The van der Waals surface area contributed by atoms with Gasteiger partial charge in [0.2, 0.25) is 0 Å². The average Bonchev–Trinajstić information content (AvgIpc) is 2.75. The summed E-state index contributed by atoms with van der Waals surface area (Å²) in [6.45, 7) is 0. The third kappa shape index (κ3) is 1.32. The molecule has 0 saturated heterocycles. The number of thiazole rings is 1. The SMILES string of the molecule is O=C(O)c1nc(Cl)sc1C1CC1. The summed E-state index contributed by atoms with van der Waals surface area (Å²) in [5.41, 5.74) is 0.146. The summed E-state index contributed by atoms with van der Waals surface area (Å²) < 4.78 is 0.328. The van der Waals surface area contributed by atoms with Crippen LogP contribution >= 0.6 is 22.9 Å². The first kappa shape index (κ1) is 8.01. The predicted octanol–water partition coefficient (Wildman–Crippen LogP) is 2.37. The van der Waals surface area contributed by atoms with Crippen LogP contribution < -0.4 is 0 Å². The monoisotopic (exact) mass is 203 g/mol. The van der Waals surface area contributed by atoms with Crippen LogP contribution in [0.4, 0.5) is 0 Å². The lowest BCUT2D eigenvalue weighted by Crippen LogP contribution is -1.99. The molecule has 1 aromatic heterocycles. The average molecular weight is 204 g/mol. The van der Waals surface area contributed by atoms with Crippen molar-refractivity contribution in [3.8, 4) is 0 Å². The van der Waals surface area contributed by atoms with Gasteiger partial charge in [-0.1, -0.05) is 11.6 Å². The summed E-state index contributed by atoms with van der Waals surface area (Å²) in [5.74, 6) is -0.568. The summed E-state index contributed by atoms with van der Waals surface area (Å²) >= 11 is 6.91. The van der Waals surface area contributed by atoms with Crippen LogP contribution in [-0.4, -0.2) is 16.1 Å². The van der Waals surface area contributed by atoms with Crippen LogP contribution in [0.25, 0.3) is 0 Å². The molecule has 0 unspecified atom stereocenters. The topological polar surface area (TPSA) is 50.2 Å². The molecule has 1 aliphatic rings. The zero-order valence-electron chi connectivity index (χ0n) is 6.08. The molecule has 0 spiro atoms. The van der Waals surface area contributed by atoms with E-state index in [1.807, 2.05) is 0 Å². The van der Waals surface area contributed by atoms with Crippen LogP contribution in [0.3, 0.4) is 0 Å². The van der Waals surface area contributed by atoms with Crippen LogP contribution in [0.1, 0.15) is 34.1 Å². The lowest BCUT2D eigenvalue weighted by Gasteiger charge is -1.91. The van der Waals surface area contributed by atoms with Crippen molar-refractivity contribution in [1.29, 1.82) is 0 Å². The number of nitrogens with zero attached hydrogens (tertiary/aromatic N) is 1. The highest BCUT2D eigenvalue weighted by Gasteiger charge is 2.31. The molecule has 5 heteroatoms. The number of rotatable bonds is 2. The molecular formula is C7H6ClNO2S. The van der Waals surface area contributed by atoms with Gasteiger partial charge in [-0.2, -0.15) is 0 Å². The lowest BCUT2D eigenvalue weighted by atomic mass is 10.3. The van der Waals surface area contributed by atoms with Gasteiger partial charge in [0, 0.05) is 4.88 Å². The van der Waals surface area contributed by atoms with Crippen molar-refractivity contribution >= 4 is 28.9 Å². The Morgan fingerprint density at radius 2 is 2.33 bits per heavy atom. The van der Waals surface area contributed by atoms with Gasteiger partial charge in [-0.25, -0.2) is 9.78 Å². The van der Waals surface area contributed by atoms with Gasteiger partial charge in [-0.15, -0.1) is 11.3 Å². The summed E-state index contributed by atoms with van der Waals surface area (Å²) in [6.07, 6.45) is 2.14. The van der Waals surface area contributed by atoms with Crippen molar-refractivity contribution in [1.82, 2.24) is 4.98 Å². The van der Waals surface area contributed by atoms with E-state index in [9.17, 15) is 4.79 Å². The molecule has 0 radical (unpaired) electrons. The van der Waals surface area contributed by atoms with Gasteiger partial charge >= 0.3 is 5.97 Å². The van der Waals surface area contributed by atoms with Crippen molar-refractivity contribution in [3.05, 3.63) is 15.0 Å². The van der Waals surface area contributed by atoms with Gasteiger partial charge in [0.15, 0.2) is 10.2 Å². The molecule has 1 aromatic rings. The molecule has 0 atom stereocenters. The van der Waals surface area contributed by atoms with Crippen LogP contribution in [0.15, 0.2) is 0 Å². The summed E-state index contributed by atoms with van der Waals surface area (Å²) in [6, 6.07) is 0. The first-order chi connectivity index (χ1) is 5.68. The van der Waals surface area contributed by atoms with E-state index in [1.54, 1.807) is 0 Å². The Kier molecular flexibility index (Phi) is 1.81. The smallest absolute Gasteiger partial charge is 0.355 e. The molecule has 1 aliphatic carbocycles. The number of aromatic carboxylic acids is 1. The quantitative estimate of drug-likeness (QED) is 0.803. The van der Waals surface area contributed by atoms with E-state index < -0.39 is 5.97 Å². The lowest BCUT2D eigenvalue weighted by molar-refractivity contribution is 0.0690. The zero-order valence-corrected chi connectivity index (χ0v) is 7.65. The van der Waals surface area contributed by atoms with Crippen molar-refractivity contribution < 1.29 is 9.90 Å². The Balaban J connectivity index is 2.43. The fraction of sp³-hybridized carbons (Fsp3) is 0.429. The summed E-state index contributed by atoms with van der Waals surface area (Å²) in [7, 11) is 0. The van der Waals surface area contributed by atoms with E-state index in [4.69, 9.17) is 16.7 Å². The number of carbonyl (C=O) groups is 1. The van der Waals surface area contributed by atoms with E-state index in [0.717, 1.165) is 17.7 Å². The molecule has 12 heavy (non-hydrogen) atoms. The third-order valence-corrected chi connectivity index (χ3v) is 3.10. The van der Waals surface area contributed by atoms with Crippen molar-refractivity contribution in [2.75, 3.05) is 0 Å². The zero-order chi connectivity index (χ0) is 8.72. The minimum atomic E-state index is -0.972. The van der Waals surface area contributed by atoms with Gasteiger partial charge in [-0.3, -0.25) is 0 Å². The Hall–Kier alpha value is -0.610. The van der Waals surface area contributed by atoms with Gasteiger partial charge in [-0.05, 0) is 18.8 Å². The molecule has 1 fully saturated rings. The maximum absolute atomic E-state index is 10.7. The van der Waals surface area contributed by atoms with Gasteiger partial charge < -0.3 is 5.11 Å². The molecule has 1 saturated carbocycles. The van der Waals surface area contributed by atoms with Gasteiger partial charge in [0.1, 0.15) is 0 Å². The fourth-order valence-electron chi connectivity index (χ4n) is 1.08. The number of carboxylic acid groups (broad SMARTS) is 1. The number of hydrogen-bond acceptors (Lipinski definition) is 3. The summed E-state index contributed by atoms with van der Waals surface area (Å²) in [4.78, 5) is 15.2. The maximum Gasteiger partial charge on any atom is 0.355 e. The van der Waals surface area contributed by atoms with Crippen LogP contribution in [0.2, 0.25) is 4.47 Å². The molecule has 0 aromatic carbocycles. The Bertz CT molecular complexity index is 332. The molecule has 1 N–H and O–H groups in total. The first-order valence-corrected chi connectivity index (χ1v) is 4.77.